The smallest absolute Gasteiger partial charge is 0.341 e. The molecule has 6 heteroatoms. The highest BCUT2D eigenvalue weighted by molar-refractivity contribution is 5.90. The van der Waals surface area contributed by atoms with Crippen LogP contribution >= 0.6 is 0 Å². The van der Waals surface area contributed by atoms with Crippen LogP contribution in [0.3, 0.4) is 0 Å². The van der Waals surface area contributed by atoms with Gasteiger partial charge in [0, 0.05) is 26.2 Å². The second-order valence-electron chi connectivity index (χ2n) is 4.89. The number of likely N-dealkylation sites (N-methyl/N-ethyl adjacent to an activating group) is 1. The normalized spacial score (nSPS) is 12.7. The Hall–Kier alpha value is -1.40. The molecule has 0 aliphatic carbocycles. The average Bonchev–Trinajstić information content (AvgIpc) is 2.67. The van der Waals surface area contributed by atoms with Crippen molar-refractivity contribution in [3.63, 3.8) is 0 Å². The molecule has 0 bridgehead atoms. The third-order valence-corrected chi connectivity index (χ3v) is 2.81. The van der Waals surface area contributed by atoms with Gasteiger partial charge in [0.25, 0.3) is 0 Å². The number of ether oxygens (including phenoxy) is 1. The van der Waals surface area contributed by atoms with Crippen LogP contribution in [0.25, 0.3) is 0 Å². The lowest BCUT2D eigenvalue weighted by Crippen LogP contribution is -2.36. The maximum Gasteiger partial charge on any atom is 0.341 e. The van der Waals surface area contributed by atoms with Gasteiger partial charge in [-0.25, -0.2) is 4.79 Å². The summed E-state index contributed by atoms with van der Waals surface area (Å²) in [6, 6.07) is 0.333. The van der Waals surface area contributed by atoms with Gasteiger partial charge in [0.15, 0.2) is 0 Å². The lowest BCUT2D eigenvalue weighted by atomic mass is 10.2. The highest BCUT2D eigenvalue weighted by atomic mass is 16.5. The van der Waals surface area contributed by atoms with Crippen molar-refractivity contribution in [3.05, 3.63) is 17.5 Å². The van der Waals surface area contributed by atoms with E-state index < -0.39 is 0 Å². The summed E-state index contributed by atoms with van der Waals surface area (Å²) in [5.41, 5.74) is 1.39. The number of nitrogens with zero attached hydrogens (tertiary/aromatic N) is 3. The number of esters is 1. The van der Waals surface area contributed by atoms with Gasteiger partial charge in [0.1, 0.15) is 5.56 Å². The molecular formula is C13H24N4O2. The SMILES string of the molecule is CCOC(=O)c1cnn(C)c1CNC(C)CN(C)C. The van der Waals surface area contributed by atoms with E-state index in [2.05, 4.69) is 22.2 Å². The molecule has 0 saturated heterocycles. The summed E-state index contributed by atoms with van der Waals surface area (Å²) in [7, 11) is 5.90. The standard InChI is InChI=1S/C13H24N4O2/c1-6-19-13(18)11-7-15-17(5)12(11)8-14-10(2)9-16(3)4/h7,10,14H,6,8-9H2,1-5H3. The van der Waals surface area contributed by atoms with Crippen LogP contribution in [-0.2, 0) is 18.3 Å². The zero-order valence-electron chi connectivity index (χ0n) is 12.4. The first-order valence-electron chi connectivity index (χ1n) is 6.51. The average molecular weight is 268 g/mol. The minimum absolute atomic E-state index is 0.312. The number of rotatable bonds is 7. The van der Waals surface area contributed by atoms with E-state index in [0.717, 1.165) is 12.2 Å². The number of carbonyl (C=O) groups is 1. The summed E-state index contributed by atoms with van der Waals surface area (Å²) >= 11 is 0. The molecule has 0 aromatic carbocycles. The molecule has 1 heterocycles. The maximum absolute atomic E-state index is 11.8. The molecule has 0 aliphatic rings. The van der Waals surface area contributed by atoms with Gasteiger partial charge >= 0.3 is 5.97 Å². The van der Waals surface area contributed by atoms with E-state index in [9.17, 15) is 4.79 Å². The second kappa shape index (κ2) is 7.25. The molecule has 1 aromatic rings. The van der Waals surface area contributed by atoms with Gasteiger partial charge < -0.3 is 15.0 Å². The highest BCUT2D eigenvalue weighted by Gasteiger charge is 2.17. The number of aryl methyl sites for hydroxylation is 1. The largest absolute Gasteiger partial charge is 0.462 e. The molecule has 19 heavy (non-hydrogen) atoms. The van der Waals surface area contributed by atoms with Gasteiger partial charge in [-0.05, 0) is 27.9 Å². The van der Waals surface area contributed by atoms with Crippen LogP contribution < -0.4 is 5.32 Å². The molecular weight excluding hydrogens is 244 g/mol. The zero-order chi connectivity index (χ0) is 14.4. The summed E-state index contributed by atoms with van der Waals surface area (Å²) < 4.78 is 6.73. The van der Waals surface area contributed by atoms with E-state index in [0.29, 0.717) is 24.8 Å². The van der Waals surface area contributed by atoms with Gasteiger partial charge in [0.2, 0.25) is 0 Å². The van der Waals surface area contributed by atoms with Gasteiger partial charge in [-0.3, -0.25) is 4.68 Å². The van der Waals surface area contributed by atoms with Crippen LogP contribution in [0.5, 0.6) is 0 Å². The van der Waals surface area contributed by atoms with Gasteiger partial charge in [-0.2, -0.15) is 5.10 Å². The number of nitrogens with one attached hydrogen (secondary N) is 1. The van der Waals surface area contributed by atoms with Crippen LogP contribution in [0.1, 0.15) is 29.9 Å². The quantitative estimate of drug-likeness (QED) is 0.735. The van der Waals surface area contributed by atoms with Crippen molar-refractivity contribution in [1.29, 1.82) is 0 Å². The van der Waals surface area contributed by atoms with E-state index in [1.807, 2.05) is 21.1 Å². The van der Waals surface area contributed by atoms with Gasteiger partial charge in [-0.15, -0.1) is 0 Å². The summed E-state index contributed by atoms with van der Waals surface area (Å²) in [5, 5.41) is 7.51. The van der Waals surface area contributed by atoms with Crippen LogP contribution in [0.15, 0.2) is 6.20 Å². The third kappa shape index (κ3) is 4.65. The molecule has 108 valence electrons. The first kappa shape index (κ1) is 15.7. The van der Waals surface area contributed by atoms with Crippen LogP contribution in [0.2, 0.25) is 0 Å². The van der Waals surface area contributed by atoms with Crippen molar-refractivity contribution >= 4 is 5.97 Å². The van der Waals surface area contributed by atoms with Crippen molar-refractivity contribution in [3.8, 4) is 0 Å². The second-order valence-corrected chi connectivity index (χ2v) is 4.89. The minimum Gasteiger partial charge on any atom is -0.462 e. The summed E-state index contributed by atoms with van der Waals surface area (Å²) in [6.45, 7) is 5.82. The fourth-order valence-electron chi connectivity index (χ4n) is 1.94. The molecule has 0 radical (unpaired) electrons. The summed E-state index contributed by atoms with van der Waals surface area (Å²) in [5.74, 6) is -0.312. The summed E-state index contributed by atoms with van der Waals surface area (Å²) in [4.78, 5) is 13.9. The summed E-state index contributed by atoms with van der Waals surface area (Å²) in [6.07, 6.45) is 1.56. The number of hydrogen-bond acceptors (Lipinski definition) is 5. The van der Waals surface area contributed by atoms with E-state index in [-0.39, 0.29) is 5.97 Å². The van der Waals surface area contributed by atoms with Gasteiger partial charge in [-0.1, -0.05) is 0 Å². The maximum atomic E-state index is 11.8. The van der Waals surface area contributed by atoms with Crippen molar-refractivity contribution in [1.82, 2.24) is 20.0 Å². The van der Waals surface area contributed by atoms with Crippen LogP contribution in [0.4, 0.5) is 0 Å². The molecule has 1 rings (SSSR count). The predicted octanol–water partition coefficient (Wildman–Crippen LogP) is 0.637. The first-order chi connectivity index (χ1) is 8.95. The molecule has 1 unspecified atom stereocenters. The third-order valence-electron chi connectivity index (χ3n) is 2.81. The van der Waals surface area contributed by atoms with E-state index in [4.69, 9.17) is 4.74 Å². The van der Waals surface area contributed by atoms with E-state index in [1.54, 1.807) is 17.8 Å². The molecule has 0 aliphatic heterocycles. The fraction of sp³-hybridized carbons (Fsp3) is 0.692. The van der Waals surface area contributed by atoms with E-state index in [1.165, 1.54) is 0 Å². The Morgan fingerprint density at radius 1 is 1.58 bits per heavy atom. The Labute approximate surface area is 114 Å². The van der Waals surface area contributed by atoms with Gasteiger partial charge in [0.05, 0.1) is 18.5 Å². The Balaban J connectivity index is 2.67. The lowest BCUT2D eigenvalue weighted by Gasteiger charge is -2.18. The molecule has 0 spiro atoms. The molecule has 1 aromatic heterocycles. The monoisotopic (exact) mass is 268 g/mol. The first-order valence-corrected chi connectivity index (χ1v) is 6.51. The number of carbonyl (C=O) groups excluding carboxylic acids is 1. The Morgan fingerprint density at radius 3 is 2.84 bits per heavy atom. The molecule has 6 nitrogen and oxygen atoms in total. The van der Waals surface area contributed by atoms with Crippen LogP contribution in [0, 0.1) is 0 Å². The predicted molar refractivity (Wildman–Crippen MR) is 74.0 cm³/mol. The topological polar surface area (TPSA) is 59.4 Å². The molecule has 0 fully saturated rings. The van der Waals surface area contributed by atoms with Crippen LogP contribution in [-0.4, -0.2) is 53.9 Å². The molecule has 1 N–H and O–H groups in total. The van der Waals surface area contributed by atoms with Crippen molar-refractivity contribution in [2.45, 2.75) is 26.4 Å². The fourth-order valence-corrected chi connectivity index (χ4v) is 1.94. The van der Waals surface area contributed by atoms with E-state index >= 15 is 0 Å². The van der Waals surface area contributed by atoms with Crippen molar-refractivity contribution < 1.29 is 9.53 Å². The Morgan fingerprint density at radius 2 is 2.26 bits per heavy atom. The highest BCUT2D eigenvalue weighted by Crippen LogP contribution is 2.09. The number of aromatic nitrogens is 2. The lowest BCUT2D eigenvalue weighted by molar-refractivity contribution is 0.0524. The van der Waals surface area contributed by atoms with Crippen molar-refractivity contribution in [2.75, 3.05) is 27.2 Å². The zero-order valence-corrected chi connectivity index (χ0v) is 12.4. The number of hydrogen-bond donors (Lipinski definition) is 1. The molecule has 1 atom stereocenters. The Kier molecular flexibility index (Phi) is 5.98. The molecule has 0 amide bonds. The Bertz CT molecular complexity index is 415. The van der Waals surface area contributed by atoms with Crippen molar-refractivity contribution in [2.24, 2.45) is 7.05 Å². The minimum atomic E-state index is -0.312. The molecule has 0 saturated carbocycles.